The van der Waals surface area contributed by atoms with Crippen LogP contribution in [0.1, 0.15) is 84.5 Å². The molecule has 25 heavy (non-hydrogen) atoms. The molecule has 0 N–H and O–H groups in total. The number of hydrogen-bond acceptors (Lipinski definition) is 6. The second-order valence-corrected chi connectivity index (χ2v) is 6.38. The monoisotopic (exact) mass is 356 g/mol. The molecule has 144 valence electrons. The first-order valence-corrected chi connectivity index (χ1v) is 9.22. The van der Waals surface area contributed by atoms with Crippen molar-refractivity contribution in [3.05, 3.63) is 0 Å². The fourth-order valence-electron chi connectivity index (χ4n) is 2.32. The maximum atomic E-state index is 11.1. The number of esters is 2. The number of rotatable bonds is 16. The molecule has 0 aromatic rings. The molecule has 0 aliphatic carbocycles. The highest BCUT2D eigenvalue weighted by molar-refractivity contribution is 5.94. The molecule has 0 aliphatic rings. The molecule has 0 spiro atoms. The van der Waals surface area contributed by atoms with Gasteiger partial charge in [0.15, 0.2) is 0 Å². The van der Waals surface area contributed by atoms with Gasteiger partial charge in [-0.05, 0) is 26.7 Å². The largest absolute Gasteiger partial charge is 0.465 e. The first kappa shape index (κ1) is 23.3. The van der Waals surface area contributed by atoms with Crippen molar-refractivity contribution >= 4 is 23.5 Å². The van der Waals surface area contributed by atoms with E-state index < -0.39 is 11.9 Å². The summed E-state index contributed by atoms with van der Waals surface area (Å²) in [4.78, 5) is 43.7. The number of unbranched alkanes of at least 4 members (excludes halogenated alkanes) is 8. The Morgan fingerprint density at radius 2 is 0.800 bits per heavy atom. The number of ether oxygens (including phenoxy) is 2. The van der Waals surface area contributed by atoms with E-state index in [1.165, 1.54) is 20.3 Å². The van der Waals surface area contributed by atoms with Crippen molar-refractivity contribution in [1.82, 2.24) is 0 Å². The third-order valence-corrected chi connectivity index (χ3v) is 3.60. The average Bonchev–Trinajstić information content (AvgIpc) is 2.50. The molecule has 0 saturated carbocycles. The quantitative estimate of drug-likeness (QED) is 0.239. The van der Waals surface area contributed by atoms with Crippen LogP contribution in [-0.4, -0.2) is 36.7 Å². The smallest absolute Gasteiger partial charge is 0.313 e. The van der Waals surface area contributed by atoms with Gasteiger partial charge in [0, 0.05) is 0 Å². The Bertz CT molecular complexity index is 378. The second kappa shape index (κ2) is 15.8. The summed E-state index contributed by atoms with van der Waals surface area (Å²) in [6.07, 6.45) is 9.22. The minimum atomic E-state index is -0.431. The van der Waals surface area contributed by atoms with Gasteiger partial charge in [-0.3, -0.25) is 19.2 Å². The molecule has 6 heteroatoms. The molecule has 0 fully saturated rings. The molecule has 0 unspecified atom stereocenters. The van der Waals surface area contributed by atoms with Gasteiger partial charge in [0.2, 0.25) is 0 Å². The molecule has 0 saturated heterocycles. The lowest BCUT2D eigenvalue weighted by molar-refractivity contribution is -0.147. The summed E-state index contributed by atoms with van der Waals surface area (Å²) in [6.45, 7) is 3.55. The lowest BCUT2D eigenvalue weighted by Gasteiger charge is -2.05. The summed E-state index contributed by atoms with van der Waals surface area (Å²) in [5.41, 5.74) is 0. The first-order valence-electron chi connectivity index (χ1n) is 9.22. The zero-order valence-corrected chi connectivity index (χ0v) is 15.6. The van der Waals surface area contributed by atoms with Crippen LogP contribution in [0.3, 0.4) is 0 Å². The fourth-order valence-corrected chi connectivity index (χ4v) is 2.32. The van der Waals surface area contributed by atoms with Crippen molar-refractivity contribution in [3.63, 3.8) is 0 Å². The molecule has 0 amide bonds. The minimum absolute atomic E-state index is 0.129. The normalized spacial score (nSPS) is 10.3. The van der Waals surface area contributed by atoms with Gasteiger partial charge in [0.25, 0.3) is 0 Å². The van der Waals surface area contributed by atoms with Crippen LogP contribution in [0.4, 0.5) is 0 Å². The first-order chi connectivity index (χ1) is 11.9. The van der Waals surface area contributed by atoms with Crippen LogP contribution in [0, 0.1) is 0 Å². The van der Waals surface area contributed by atoms with Gasteiger partial charge >= 0.3 is 11.9 Å². The molecule has 0 radical (unpaired) electrons. The SMILES string of the molecule is CC(=O)CC(=O)OCCCCCCCCCCCOC(=O)CC(C)=O. The lowest BCUT2D eigenvalue weighted by atomic mass is 10.1. The van der Waals surface area contributed by atoms with Gasteiger partial charge in [-0.2, -0.15) is 0 Å². The van der Waals surface area contributed by atoms with Crippen LogP contribution in [-0.2, 0) is 28.7 Å². The van der Waals surface area contributed by atoms with Crippen LogP contribution in [0.2, 0.25) is 0 Å². The summed E-state index contributed by atoms with van der Waals surface area (Å²) in [5, 5.41) is 0. The molecule has 0 atom stereocenters. The predicted molar refractivity (Wildman–Crippen MR) is 94.1 cm³/mol. The summed E-state index contributed by atoms with van der Waals surface area (Å²) in [5.74, 6) is -1.20. The number of Topliss-reactive ketones (excluding diaryl/α,β-unsaturated/α-hetero) is 2. The van der Waals surface area contributed by atoms with Gasteiger partial charge in [-0.1, -0.05) is 44.9 Å². The van der Waals surface area contributed by atoms with E-state index in [0.29, 0.717) is 13.2 Å². The maximum Gasteiger partial charge on any atom is 0.313 e. The van der Waals surface area contributed by atoms with Crippen LogP contribution in [0.25, 0.3) is 0 Å². The van der Waals surface area contributed by atoms with E-state index in [1.807, 2.05) is 0 Å². The number of carbonyl (C=O) groups excluding carboxylic acids is 4. The average molecular weight is 356 g/mol. The molecular formula is C19H32O6. The Labute approximate surface area is 150 Å². The minimum Gasteiger partial charge on any atom is -0.465 e. The second-order valence-electron chi connectivity index (χ2n) is 6.38. The van der Waals surface area contributed by atoms with Gasteiger partial charge in [-0.15, -0.1) is 0 Å². The van der Waals surface area contributed by atoms with Crippen molar-refractivity contribution in [2.45, 2.75) is 84.5 Å². The summed E-state index contributed by atoms with van der Waals surface area (Å²) in [6, 6.07) is 0. The molecule has 0 rings (SSSR count). The van der Waals surface area contributed by atoms with Crippen LogP contribution < -0.4 is 0 Å². The molecule has 0 bridgehead atoms. The zero-order chi connectivity index (χ0) is 18.9. The van der Waals surface area contributed by atoms with Crippen LogP contribution >= 0.6 is 0 Å². The van der Waals surface area contributed by atoms with Gasteiger partial charge in [0.1, 0.15) is 24.4 Å². The Hall–Kier alpha value is -1.72. The zero-order valence-electron chi connectivity index (χ0n) is 15.6. The lowest BCUT2D eigenvalue weighted by Crippen LogP contribution is -2.09. The van der Waals surface area contributed by atoms with Crippen molar-refractivity contribution in [3.8, 4) is 0 Å². The van der Waals surface area contributed by atoms with Crippen molar-refractivity contribution in [1.29, 1.82) is 0 Å². The summed E-state index contributed by atoms with van der Waals surface area (Å²) < 4.78 is 9.92. The van der Waals surface area contributed by atoms with Gasteiger partial charge in [0.05, 0.1) is 13.2 Å². The third-order valence-electron chi connectivity index (χ3n) is 3.60. The van der Waals surface area contributed by atoms with E-state index in [2.05, 4.69) is 0 Å². The van der Waals surface area contributed by atoms with Gasteiger partial charge < -0.3 is 9.47 Å². The number of hydrogen-bond donors (Lipinski definition) is 0. The van der Waals surface area contributed by atoms with E-state index in [-0.39, 0.29) is 24.4 Å². The van der Waals surface area contributed by atoms with Crippen molar-refractivity contribution in [2.24, 2.45) is 0 Å². The predicted octanol–water partition coefficient (Wildman–Crippen LogP) is 3.54. The van der Waals surface area contributed by atoms with Crippen molar-refractivity contribution < 1.29 is 28.7 Å². The third kappa shape index (κ3) is 18.5. The Balaban J connectivity index is 3.21. The molecule has 0 aromatic carbocycles. The maximum absolute atomic E-state index is 11.1. The molecule has 0 heterocycles. The Morgan fingerprint density at radius 1 is 0.520 bits per heavy atom. The summed E-state index contributed by atoms with van der Waals surface area (Å²) in [7, 11) is 0. The molecule has 0 aromatic heterocycles. The van der Waals surface area contributed by atoms with E-state index >= 15 is 0 Å². The van der Waals surface area contributed by atoms with E-state index in [4.69, 9.17) is 9.47 Å². The van der Waals surface area contributed by atoms with E-state index in [0.717, 1.165) is 51.4 Å². The highest BCUT2D eigenvalue weighted by Gasteiger charge is 2.06. The highest BCUT2D eigenvalue weighted by atomic mass is 16.5. The molecule has 6 nitrogen and oxygen atoms in total. The number of ketones is 2. The Kier molecular flexibility index (Phi) is 14.7. The Morgan fingerprint density at radius 3 is 1.08 bits per heavy atom. The van der Waals surface area contributed by atoms with E-state index in [1.54, 1.807) is 0 Å². The van der Waals surface area contributed by atoms with Crippen molar-refractivity contribution in [2.75, 3.05) is 13.2 Å². The number of carbonyl (C=O) groups is 4. The van der Waals surface area contributed by atoms with Gasteiger partial charge in [-0.25, -0.2) is 0 Å². The van der Waals surface area contributed by atoms with Crippen LogP contribution in [0.15, 0.2) is 0 Å². The molecule has 0 aliphatic heterocycles. The topological polar surface area (TPSA) is 86.7 Å². The summed E-state index contributed by atoms with van der Waals surface area (Å²) >= 11 is 0. The standard InChI is InChI=1S/C19H32O6/c1-16(20)14-18(22)24-12-10-8-6-4-3-5-7-9-11-13-25-19(23)15-17(2)21/h3-15H2,1-2H3. The highest BCUT2D eigenvalue weighted by Crippen LogP contribution is 2.10. The van der Waals surface area contributed by atoms with Crippen LogP contribution in [0.5, 0.6) is 0 Å². The fraction of sp³-hybridized carbons (Fsp3) is 0.789. The van der Waals surface area contributed by atoms with E-state index in [9.17, 15) is 19.2 Å². The molecular weight excluding hydrogens is 324 g/mol.